The molecule has 0 aliphatic rings. The number of halogens is 2. The molecule has 16 heavy (non-hydrogen) atoms. The van der Waals surface area contributed by atoms with Gasteiger partial charge in [-0.1, -0.05) is 15.9 Å². The first-order chi connectivity index (χ1) is 7.63. The van der Waals surface area contributed by atoms with Gasteiger partial charge in [0.1, 0.15) is 5.82 Å². The normalized spacial score (nSPS) is 10.2. The molecule has 0 aliphatic carbocycles. The minimum Gasteiger partial charge on any atom is -0.381 e. The summed E-state index contributed by atoms with van der Waals surface area (Å²) in [5.41, 5.74) is 0.185. The molecule has 0 saturated heterocycles. The topological polar surface area (TPSA) is 38.3 Å². The van der Waals surface area contributed by atoms with Crippen molar-refractivity contribution in [2.75, 3.05) is 18.5 Å². The lowest BCUT2D eigenvalue weighted by molar-refractivity contribution is -0.117. The van der Waals surface area contributed by atoms with Crippen LogP contribution < -0.4 is 5.32 Å². The lowest BCUT2D eigenvalue weighted by Crippen LogP contribution is -2.15. The molecule has 0 atom stereocenters. The molecule has 1 aromatic rings. The minimum absolute atomic E-state index is 0.185. The molecule has 3 nitrogen and oxygen atoms in total. The zero-order valence-corrected chi connectivity index (χ0v) is 10.5. The van der Waals surface area contributed by atoms with Crippen LogP contribution in [0.1, 0.15) is 13.3 Å². The molecule has 0 spiro atoms. The van der Waals surface area contributed by atoms with Crippen LogP contribution in [0.15, 0.2) is 22.7 Å². The molecule has 0 radical (unpaired) electrons. The van der Waals surface area contributed by atoms with Gasteiger partial charge in [0.05, 0.1) is 18.7 Å². The Labute approximate surface area is 102 Å². The molecule has 5 heteroatoms. The van der Waals surface area contributed by atoms with Crippen molar-refractivity contribution in [3.63, 3.8) is 0 Å². The van der Waals surface area contributed by atoms with E-state index < -0.39 is 5.82 Å². The van der Waals surface area contributed by atoms with Crippen LogP contribution in [0.25, 0.3) is 0 Å². The lowest BCUT2D eigenvalue weighted by atomic mass is 10.3. The van der Waals surface area contributed by atoms with E-state index in [0.29, 0.717) is 17.7 Å². The Balaban J connectivity index is 2.49. The fraction of sp³-hybridized carbons (Fsp3) is 0.364. The van der Waals surface area contributed by atoms with Crippen LogP contribution in [0.4, 0.5) is 10.1 Å². The molecule has 88 valence electrons. The zero-order chi connectivity index (χ0) is 12.0. The summed E-state index contributed by atoms with van der Waals surface area (Å²) in [6.45, 7) is 2.77. The predicted octanol–water partition coefficient (Wildman–Crippen LogP) is 2.95. The SMILES string of the molecule is CCOCCC(=O)Nc1ccc(Br)cc1F. The van der Waals surface area contributed by atoms with Gasteiger partial charge in [0, 0.05) is 11.1 Å². The van der Waals surface area contributed by atoms with Gasteiger partial charge < -0.3 is 10.1 Å². The van der Waals surface area contributed by atoms with E-state index >= 15 is 0 Å². The second-order valence-electron chi connectivity index (χ2n) is 3.12. The molecule has 0 saturated carbocycles. The first kappa shape index (κ1) is 13.1. The van der Waals surface area contributed by atoms with Gasteiger partial charge in [-0.2, -0.15) is 0 Å². The fourth-order valence-electron chi connectivity index (χ4n) is 1.11. The number of hydrogen-bond donors (Lipinski definition) is 1. The first-order valence-electron chi connectivity index (χ1n) is 4.96. The van der Waals surface area contributed by atoms with Crippen LogP contribution in [0.2, 0.25) is 0 Å². The van der Waals surface area contributed by atoms with Crippen LogP contribution >= 0.6 is 15.9 Å². The maximum absolute atomic E-state index is 13.3. The summed E-state index contributed by atoms with van der Waals surface area (Å²) in [6.07, 6.45) is 0.226. The fourth-order valence-corrected chi connectivity index (χ4v) is 1.45. The highest BCUT2D eigenvalue weighted by Gasteiger charge is 2.06. The van der Waals surface area contributed by atoms with Gasteiger partial charge >= 0.3 is 0 Å². The van der Waals surface area contributed by atoms with Crippen LogP contribution in [-0.4, -0.2) is 19.1 Å². The number of ether oxygens (including phenoxy) is 1. The lowest BCUT2D eigenvalue weighted by Gasteiger charge is -2.06. The summed E-state index contributed by atoms with van der Waals surface area (Å²) >= 11 is 3.14. The standard InChI is InChI=1S/C11H13BrFNO2/c1-2-16-6-5-11(15)14-10-4-3-8(12)7-9(10)13/h3-4,7H,2,5-6H2,1H3,(H,14,15). The van der Waals surface area contributed by atoms with E-state index in [4.69, 9.17) is 4.74 Å². The third-order valence-corrected chi connectivity index (χ3v) is 2.38. The van der Waals surface area contributed by atoms with Crippen molar-refractivity contribution in [3.05, 3.63) is 28.5 Å². The number of hydrogen-bond acceptors (Lipinski definition) is 2. The molecule has 1 aromatic carbocycles. The maximum Gasteiger partial charge on any atom is 0.226 e. The van der Waals surface area contributed by atoms with Crippen molar-refractivity contribution in [1.29, 1.82) is 0 Å². The van der Waals surface area contributed by atoms with Crippen molar-refractivity contribution >= 4 is 27.5 Å². The van der Waals surface area contributed by atoms with Gasteiger partial charge in [0.2, 0.25) is 5.91 Å². The highest BCUT2D eigenvalue weighted by Crippen LogP contribution is 2.19. The highest BCUT2D eigenvalue weighted by atomic mass is 79.9. The van der Waals surface area contributed by atoms with Crippen molar-refractivity contribution < 1.29 is 13.9 Å². The van der Waals surface area contributed by atoms with Crippen LogP contribution in [0, 0.1) is 5.82 Å². The van der Waals surface area contributed by atoms with Gasteiger partial charge in [0.25, 0.3) is 0 Å². The summed E-state index contributed by atoms with van der Waals surface area (Å²) in [7, 11) is 0. The first-order valence-corrected chi connectivity index (χ1v) is 5.75. The summed E-state index contributed by atoms with van der Waals surface area (Å²) < 4.78 is 19.0. The minimum atomic E-state index is -0.459. The molecule has 0 aromatic heterocycles. The van der Waals surface area contributed by atoms with Crippen molar-refractivity contribution in [3.8, 4) is 0 Å². The van der Waals surface area contributed by atoms with Crippen molar-refractivity contribution in [2.24, 2.45) is 0 Å². The second-order valence-corrected chi connectivity index (χ2v) is 4.03. The van der Waals surface area contributed by atoms with Gasteiger partial charge in [0.15, 0.2) is 0 Å². The molecular weight excluding hydrogens is 277 g/mol. The number of carbonyl (C=O) groups excluding carboxylic acids is 1. The van der Waals surface area contributed by atoms with E-state index in [-0.39, 0.29) is 18.0 Å². The van der Waals surface area contributed by atoms with Crippen LogP contribution in [0.5, 0.6) is 0 Å². The smallest absolute Gasteiger partial charge is 0.226 e. The van der Waals surface area contributed by atoms with E-state index in [1.54, 1.807) is 6.07 Å². The largest absolute Gasteiger partial charge is 0.381 e. The molecule has 1 rings (SSSR count). The Bertz CT molecular complexity index is 371. The number of carbonyl (C=O) groups is 1. The van der Waals surface area contributed by atoms with Crippen LogP contribution in [0.3, 0.4) is 0 Å². The highest BCUT2D eigenvalue weighted by molar-refractivity contribution is 9.10. The number of rotatable bonds is 5. The van der Waals surface area contributed by atoms with Crippen molar-refractivity contribution in [1.82, 2.24) is 0 Å². The number of anilines is 1. The molecule has 0 bridgehead atoms. The van der Waals surface area contributed by atoms with Gasteiger partial charge in [-0.3, -0.25) is 4.79 Å². The Morgan fingerprint density at radius 2 is 2.31 bits per heavy atom. The molecule has 1 amide bonds. The zero-order valence-electron chi connectivity index (χ0n) is 8.93. The summed E-state index contributed by atoms with van der Waals surface area (Å²) in [5.74, 6) is -0.714. The summed E-state index contributed by atoms with van der Waals surface area (Å²) in [6, 6.07) is 4.48. The van der Waals surface area contributed by atoms with Gasteiger partial charge in [-0.05, 0) is 25.1 Å². The maximum atomic E-state index is 13.3. The Morgan fingerprint density at radius 1 is 1.56 bits per heavy atom. The van der Waals surface area contributed by atoms with E-state index in [2.05, 4.69) is 21.2 Å². The van der Waals surface area contributed by atoms with Gasteiger partial charge in [-0.15, -0.1) is 0 Å². The average Bonchev–Trinajstić information content (AvgIpc) is 2.23. The average molecular weight is 290 g/mol. The van der Waals surface area contributed by atoms with E-state index in [9.17, 15) is 9.18 Å². The monoisotopic (exact) mass is 289 g/mol. The predicted molar refractivity (Wildman–Crippen MR) is 63.8 cm³/mol. The molecule has 1 N–H and O–H groups in total. The van der Waals surface area contributed by atoms with Gasteiger partial charge in [-0.25, -0.2) is 4.39 Å². The van der Waals surface area contributed by atoms with Crippen LogP contribution in [-0.2, 0) is 9.53 Å². The van der Waals surface area contributed by atoms with E-state index in [0.717, 1.165) is 0 Å². The Kier molecular flexibility index (Phi) is 5.42. The molecule has 0 unspecified atom stereocenters. The van der Waals surface area contributed by atoms with Crippen molar-refractivity contribution in [2.45, 2.75) is 13.3 Å². The third-order valence-electron chi connectivity index (χ3n) is 1.88. The summed E-state index contributed by atoms with van der Waals surface area (Å²) in [4.78, 5) is 11.4. The molecule has 0 heterocycles. The van der Waals surface area contributed by atoms with E-state index in [1.165, 1.54) is 12.1 Å². The molecular formula is C11H13BrFNO2. The second kappa shape index (κ2) is 6.60. The summed E-state index contributed by atoms with van der Waals surface area (Å²) in [5, 5.41) is 2.48. The number of benzene rings is 1. The Morgan fingerprint density at radius 3 is 2.94 bits per heavy atom. The quantitative estimate of drug-likeness (QED) is 0.847. The number of amides is 1. The molecule has 0 fully saturated rings. The number of nitrogens with one attached hydrogen (secondary N) is 1. The Hall–Kier alpha value is -0.940. The third kappa shape index (κ3) is 4.28. The molecule has 0 aliphatic heterocycles. The van der Waals surface area contributed by atoms with E-state index in [1.807, 2.05) is 6.92 Å².